The van der Waals surface area contributed by atoms with Gasteiger partial charge in [0.1, 0.15) is 17.3 Å². The molecule has 2 bridgehead atoms. The quantitative estimate of drug-likeness (QED) is 0.345. The maximum absolute atomic E-state index is 16.2. The van der Waals surface area contributed by atoms with Gasteiger partial charge in [0.15, 0.2) is 5.82 Å². The number of nitrogens with one attached hydrogen (secondary N) is 1. The molecule has 0 radical (unpaired) electrons. The summed E-state index contributed by atoms with van der Waals surface area (Å²) >= 11 is 0. The standard InChI is InChI=1S/C26H22F2N6O/c1-3-17-20(27)7-4-13-8-14(29)9-18(21(13)17)23-22(28)24-19(10-30-23)25(32-26(35)33(24)2)34-11-15-5-6-16(12-34)31-15/h1,4,7-10,15-16,31H,5-6,11-12,29H2,2H3. The van der Waals surface area contributed by atoms with E-state index in [9.17, 15) is 9.18 Å². The van der Waals surface area contributed by atoms with Crippen molar-refractivity contribution in [1.29, 1.82) is 0 Å². The first-order valence-electron chi connectivity index (χ1n) is 11.4. The predicted molar refractivity (Wildman–Crippen MR) is 132 cm³/mol. The first-order chi connectivity index (χ1) is 16.9. The number of nitrogens with two attached hydrogens (primary N) is 1. The third-order valence-electron chi connectivity index (χ3n) is 7.06. The van der Waals surface area contributed by atoms with Gasteiger partial charge in [-0.2, -0.15) is 4.98 Å². The van der Waals surface area contributed by atoms with Crippen molar-refractivity contribution in [3.05, 3.63) is 58.1 Å². The van der Waals surface area contributed by atoms with Crippen LogP contribution in [-0.2, 0) is 7.05 Å². The summed E-state index contributed by atoms with van der Waals surface area (Å²) in [5.41, 5.74) is 6.14. The summed E-state index contributed by atoms with van der Waals surface area (Å²) in [6.07, 6.45) is 9.23. The molecule has 2 aliphatic heterocycles. The molecule has 0 amide bonds. The van der Waals surface area contributed by atoms with E-state index in [1.165, 1.54) is 29.9 Å². The van der Waals surface area contributed by atoms with Gasteiger partial charge in [0.2, 0.25) is 0 Å². The van der Waals surface area contributed by atoms with Crippen molar-refractivity contribution < 1.29 is 8.78 Å². The normalized spacial score (nSPS) is 19.4. The minimum Gasteiger partial charge on any atom is -0.399 e. The third kappa shape index (κ3) is 3.25. The first kappa shape index (κ1) is 21.5. The number of benzene rings is 2. The number of hydrogen-bond acceptors (Lipinski definition) is 6. The average molecular weight is 472 g/mol. The lowest BCUT2D eigenvalue weighted by molar-refractivity contribution is 0.463. The molecule has 2 aromatic heterocycles. The van der Waals surface area contributed by atoms with Crippen molar-refractivity contribution in [3.8, 4) is 23.6 Å². The Balaban J connectivity index is 1.63. The molecule has 3 N–H and O–H groups in total. The van der Waals surface area contributed by atoms with Crippen LogP contribution in [0, 0.1) is 24.0 Å². The van der Waals surface area contributed by atoms with E-state index in [1.807, 2.05) is 4.90 Å². The molecule has 7 nitrogen and oxygen atoms in total. The summed E-state index contributed by atoms with van der Waals surface area (Å²) in [6.45, 7) is 1.36. The van der Waals surface area contributed by atoms with Crippen LogP contribution >= 0.6 is 0 Å². The number of anilines is 2. The average Bonchev–Trinajstić information content (AvgIpc) is 3.18. The predicted octanol–water partition coefficient (Wildman–Crippen LogP) is 2.93. The van der Waals surface area contributed by atoms with Crippen molar-refractivity contribution in [1.82, 2.24) is 19.9 Å². The molecule has 0 saturated carbocycles. The van der Waals surface area contributed by atoms with Crippen LogP contribution in [0.1, 0.15) is 18.4 Å². The van der Waals surface area contributed by atoms with E-state index in [0.717, 1.165) is 12.8 Å². The molecule has 2 atom stereocenters. The fraction of sp³-hybridized carbons (Fsp3) is 0.269. The maximum atomic E-state index is 16.2. The SMILES string of the molecule is C#Cc1c(F)ccc2cc(N)cc(-c3ncc4c(N5CC6CCC(C5)N6)nc(=O)n(C)c4c3F)c12. The van der Waals surface area contributed by atoms with Crippen molar-refractivity contribution in [2.75, 3.05) is 23.7 Å². The lowest BCUT2D eigenvalue weighted by Gasteiger charge is -2.34. The van der Waals surface area contributed by atoms with Crippen LogP contribution in [0.4, 0.5) is 20.3 Å². The molecular weight excluding hydrogens is 450 g/mol. The highest BCUT2D eigenvalue weighted by molar-refractivity contribution is 6.03. The van der Waals surface area contributed by atoms with E-state index in [4.69, 9.17) is 12.2 Å². The van der Waals surface area contributed by atoms with E-state index in [1.54, 1.807) is 12.1 Å². The maximum Gasteiger partial charge on any atom is 0.349 e. The number of nitrogens with zero attached hydrogens (tertiary/aromatic N) is 4. The molecule has 176 valence electrons. The second-order valence-corrected chi connectivity index (χ2v) is 9.24. The summed E-state index contributed by atoms with van der Waals surface area (Å²) in [5.74, 6) is 1.47. The summed E-state index contributed by atoms with van der Waals surface area (Å²) in [7, 11) is 1.47. The number of rotatable bonds is 2. The Labute approximate surface area is 199 Å². The topological polar surface area (TPSA) is 89.1 Å². The minimum atomic E-state index is -0.719. The molecule has 2 aromatic carbocycles. The molecule has 4 aromatic rings. The van der Waals surface area contributed by atoms with Gasteiger partial charge in [0.05, 0.1) is 16.5 Å². The summed E-state index contributed by atoms with van der Waals surface area (Å²) in [5, 5.41) is 4.88. The Morgan fingerprint density at radius 3 is 2.66 bits per heavy atom. The van der Waals surface area contributed by atoms with Crippen LogP contribution < -0.4 is 21.6 Å². The van der Waals surface area contributed by atoms with Gasteiger partial charge in [-0.05, 0) is 36.4 Å². The van der Waals surface area contributed by atoms with Crippen LogP contribution in [0.2, 0.25) is 0 Å². The third-order valence-corrected chi connectivity index (χ3v) is 7.06. The molecule has 2 unspecified atom stereocenters. The number of fused-ring (bicyclic) bond motifs is 4. The van der Waals surface area contributed by atoms with Gasteiger partial charge in [-0.25, -0.2) is 13.6 Å². The lowest BCUT2D eigenvalue weighted by Crippen LogP contribution is -2.51. The van der Waals surface area contributed by atoms with E-state index in [-0.39, 0.29) is 22.3 Å². The Morgan fingerprint density at radius 1 is 1.20 bits per heavy atom. The molecule has 0 spiro atoms. The van der Waals surface area contributed by atoms with E-state index >= 15 is 4.39 Å². The van der Waals surface area contributed by atoms with Gasteiger partial charge in [-0.15, -0.1) is 6.42 Å². The van der Waals surface area contributed by atoms with Crippen LogP contribution in [0.5, 0.6) is 0 Å². The monoisotopic (exact) mass is 472 g/mol. The van der Waals surface area contributed by atoms with Gasteiger partial charge >= 0.3 is 5.69 Å². The Bertz CT molecular complexity index is 1630. The smallest absolute Gasteiger partial charge is 0.349 e. The van der Waals surface area contributed by atoms with Gasteiger partial charge in [-0.3, -0.25) is 9.55 Å². The Kier molecular flexibility index (Phi) is 4.76. The fourth-order valence-electron chi connectivity index (χ4n) is 5.48. The van der Waals surface area contributed by atoms with E-state index < -0.39 is 17.3 Å². The molecule has 2 aliphatic rings. The Morgan fingerprint density at radius 2 is 1.94 bits per heavy atom. The van der Waals surface area contributed by atoms with Crippen molar-refractivity contribution >= 4 is 33.2 Å². The number of nitrogen functional groups attached to an aromatic ring is 1. The molecule has 4 heterocycles. The zero-order chi connectivity index (χ0) is 24.4. The van der Waals surface area contributed by atoms with Crippen molar-refractivity contribution in [2.45, 2.75) is 24.9 Å². The number of halogens is 2. The highest BCUT2D eigenvalue weighted by Gasteiger charge is 2.34. The van der Waals surface area contributed by atoms with Crippen LogP contribution in [0.15, 0.2) is 35.3 Å². The number of terminal acetylenes is 1. The zero-order valence-electron chi connectivity index (χ0n) is 19.0. The highest BCUT2D eigenvalue weighted by atomic mass is 19.1. The van der Waals surface area contributed by atoms with Gasteiger partial charge in [0.25, 0.3) is 0 Å². The van der Waals surface area contributed by atoms with Crippen LogP contribution in [0.3, 0.4) is 0 Å². The van der Waals surface area contributed by atoms with Gasteiger partial charge < -0.3 is 16.0 Å². The largest absolute Gasteiger partial charge is 0.399 e. The summed E-state index contributed by atoms with van der Waals surface area (Å²) in [4.78, 5) is 23.6. The van der Waals surface area contributed by atoms with Crippen molar-refractivity contribution in [2.24, 2.45) is 7.05 Å². The Hall–Kier alpha value is -4.03. The zero-order valence-corrected chi connectivity index (χ0v) is 19.0. The molecule has 9 heteroatoms. The number of aromatic nitrogens is 3. The van der Waals surface area contributed by atoms with Gasteiger partial charge in [-0.1, -0.05) is 12.0 Å². The molecule has 6 rings (SSSR count). The second kappa shape index (κ2) is 7.75. The highest BCUT2D eigenvalue weighted by Crippen LogP contribution is 2.37. The fourth-order valence-corrected chi connectivity index (χ4v) is 5.48. The van der Waals surface area contributed by atoms with Crippen molar-refractivity contribution in [3.63, 3.8) is 0 Å². The van der Waals surface area contributed by atoms with Crippen LogP contribution in [0.25, 0.3) is 32.9 Å². The summed E-state index contributed by atoms with van der Waals surface area (Å²) < 4.78 is 32.0. The molecule has 35 heavy (non-hydrogen) atoms. The van der Waals surface area contributed by atoms with Crippen LogP contribution in [-0.4, -0.2) is 39.7 Å². The summed E-state index contributed by atoms with van der Waals surface area (Å²) in [6, 6.07) is 6.58. The minimum absolute atomic E-state index is 0.000560. The number of aryl methyl sites for hydroxylation is 1. The second-order valence-electron chi connectivity index (χ2n) is 9.24. The number of piperazine rings is 1. The number of hydrogen-bond donors (Lipinski definition) is 2. The lowest BCUT2D eigenvalue weighted by atomic mass is 9.95. The number of pyridine rings is 1. The van der Waals surface area contributed by atoms with E-state index in [0.29, 0.717) is 52.8 Å². The molecule has 2 saturated heterocycles. The van der Waals surface area contributed by atoms with Gasteiger partial charge in [0, 0.05) is 55.1 Å². The molecule has 0 aliphatic carbocycles. The molecule has 2 fully saturated rings. The molecular formula is C26H22F2N6O. The van der Waals surface area contributed by atoms with E-state index in [2.05, 4.69) is 21.2 Å². The first-order valence-corrected chi connectivity index (χ1v) is 11.4.